The van der Waals surface area contributed by atoms with E-state index in [1.807, 2.05) is 0 Å². The molecule has 0 atom stereocenters. The van der Waals surface area contributed by atoms with E-state index in [1.54, 1.807) is 0 Å². The molecule has 0 aliphatic rings. The Labute approximate surface area is 87.3 Å². The third kappa shape index (κ3) is 2.33. The van der Waals surface area contributed by atoms with Crippen LogP contribution >= 0.6 is 11.6 Å². The molecule has 1 aromatic carbocycles. The highest BCUT2D eigenvalue weighted by Gasteiger charge is 2.32. The van der Waals surface area contributed by atoms with Crippen LogP contribution < -0.4 is 5.73 Å². The van der Waals surface area contributed by atoms with Crippen molar-refractivity contribution < 1.29 is 23.1 Å². The fourth-order valence-corrected chi connectivity index (χ4v) is 1.32. The van der Waals surface area contributed by atoms with Crippen molar-refractivity contribution in [3.63, 3.8) is 0 Å². The summed E-state index contributed by atoms with van der Waals surface area (Å²) in [6.45, 7) is 0. The molecule has 0 unspecified atom stereocenters. The summed E-state index contributed by atoms with van der Waals surface area (Å²) in [7, 11) is 0. The Morgan fingerprint density at radius 1 is 1.40 bits per heavy atom. The van der Waals surface area contributed by atoms with Crippen molar-refractivity contribution in [1.29, 1.82) is 0 Å². The molecule has 0 spiro atoms. The number of nitrogens with two attached hydrogens (primary N) is 1. The highest BCUT2D eigenvalue weighted by Crippen LogP contribution is 2.34. The fourth-order valence-electron chi connectivity index (χ4n) is 1.02. The second-order valence-corrected chi connectivity index (χ2v) is 3.13. The lowest BCUT2D eigenvalue weighted by molar-refractivity contribution is -0.137. The summed E-state index contributed by atoms with van der Waals surface area (Å²) in [6, 6.07) is 1.07. The largest absolute Gasteiger partial charge is 0.478 e. The molecule has 0 aliphatic carbocycles. The van der Waals surface area contributed by atoms with Crippen molar-refractivity contribution in [1.82, 2.24) is 0 Å². The Morgan fingerprint density at radius 3 is 2.27 bits per heavy atom. The van der Waals surface area contributed by atoms with Crippen molar-refractivity contribution >= 4 is 23.3 Å². The number of rotatable bonds is 1. The van der Waals surface area contributed by atoms with Crippen LogP contribution in [0.25, 0.3) is 0 Å². The van der Waals surface area contributed by atoms with Gasteiger partial charge in [0, 0.05) is 5.69 Å². The number of alkyl halides is 3. The van der Waals surface area contributed by atoms with E-state index in [2.05, 4.69) is 0 Å². The molecule has 7 heteroatoms. The second kappa shape index (κ2) is 3.62. The highest BCUT2D eigenvalue weighted by molar-refractivity contribution is 6.34. The second-order valence-electron chi connectivity index (χ2n) is 2.73. The Balaban J connectivity index is 3.39. The minimum absolute atomic E-state index is 0.512. The molecule has 1 rings (SSSR count). The molecule has 82 valence electrons. The Kier molecular flexibility index (Phi) is 2.81. The van der Waals surface area contributed by atoms with E-state index in [0.29, 0.717) is 12.1 Å². The van der Waals surface area contributed by atoms with Crippen molar-refractivity contribution in [2.24, 2.45) is 0 Å². The normalized spacial score (nSPS) is 11.5. The van der Waals surface area contributed by atoms with E-state index in [4.69, 9.17) is 22.4 Å². The maximum Gasteiger partial charge on any atom is 0.416 e. The van der Waals surface area contributed by atoms with Crippen LogP contribution in [0.1, 0.15) is 15.9 Å². The zero-order valence-electron chi connectivity index (χ0n) is 7.10. The first-order valence-corrected chi connectivity index (χ1v) is 4.01. The van der Waals surface area contributed by atoms with Gasteiger partial charge in [0.15, 0.2) is 0 Å². The van der Waals surface area contributed by atoms with Gasteiger partial charge in [-0.3, -0.25) is 0 Å². The molecule has 0 bridgehead atoms. The predicted octanol–water partition coefficient (Wildman–Crippen LogP) is 2.64. The first-order valence-electron chi connectivity index (χ1n) is 3.63. The van der Waals surface area contributed by atoms with Crippen LogP contribution in [-0.4, -0.2) is 11.1 Å². The molecule has 3 nitrogen and oxygen atoms in total. The molecule has 0 saturated carbocycles. The molecular formula is C8H5ClF3NO2. The first-order chi connectivity index (χ1) is 6.73. The third-order valence-electron chi connectivity index (χ3n) is 1.66. The van der Waals surface area contributed by atoms with Gasteiger partial charge in [0.05, 0.1) is 10.6 Å². The summed E-state index contributed by atoms with van der Waals surface area (Å²) in [4.78, 5) is 10.6. The number of carboxylic acid groups (broad SMARTS) is 1. The predicted molar refractivity (Wildman–Crippen MR) is 47.8 cm³/mol. The van der Waals surface area contributed by atoms with Gasteiger partial charge in [-0.15, -0.1) is 0 Å². The van der Waals surface area contributed by atoms with Crippen molar-refractivity contribution in [3.8, 4) is 0 Å². The summed E-state index contributed by atoms with van der Waals surface area (Å²) < 4.78 is 36.7. The van der Waals surface area contributed by atoms with Gasteiger partial charge in [0.1, 0.15) is 5.56 Å². The van der Waals surface area contributed by atoms with E-state index in [9.17, 15) is 18.0 Å². The molecule has 0 radical (unpaired) electrons. The van der Waals surface area contributed by atoms with Gasteiger partial charge in [-0.05, 0) is 12.1 Å². The zero-order valence-corrected chi connectivity index (χ0v) is 7.86. The number of aromatic carboxylic acids is 1. The molecular weight excluding hydrogens is 235 g/mol. The smallest absolute Gasteiger partial charge is 0.416 e. The van der Waals surface area contributed by atoms with E-state index in [0.717, 1.165) is 0 Å². The fraction of sp³-hybridized carbons (Fsp3) is 0.125. The van der Waals surface area contributed by atoms with E-state index in [-0.39, 0.29) is 0 Å². The molecule has 0 aromatic heterocycles. The minimum Gasteiger partial charge on any atom is -0.478 e. The number of carbonyl (C=O) groups is 1. The van der Waals surface area contributed by atoms with Crippen LogP contribution in [-0.2, 0) is 6.18 Å². The molecule has 0 amide bonds. The van der Waals surface area contributed by atoms with Gasteiger partial charge in [-0.2, -0.15) is 13.2 Å². The lowest BCUT2D eigenvalue weighted by Crippen LogP contribution is -2.09. The van der Waals surface area contributed by atoms with Gasteiger partial charge in [0.25, 0.3) is 0 Å². The summed E-state index contributed by atoms with van der Waals surface area (Å²) in [5.74, 6) is -1.47. The average molecular weight is 240 g/mol. The van der Waals surface area contributed by atoms with Crippen LogP contribution in [0, 0.1) is 0 Å². The molecule has 0 aliphatic heterocycles. The lowest BCUT2D eigenvalue weighted by Gasteiger charge is -2.10. The van der Waals surface area contributed by atoms with Crippen LogP contribution in [0.4, 0.5) is 18.9 Å². The maximum absolute atomic E-state index is 12.2. The molecule has 1 aromatic rings. The van der Waals surface area contributed by atoms with Gasteiger partial charge in [-0.1, -0.05) is 11.6 Å². The SMILES string of the molecule is Nc1cc(C(F)(F)F)cc(Cl)c1C(=O)O. The standard InChI is InChI=1S/C8H5ClF3NO2/c9-4-1-3(8(10,11)12)2-5(13)6(4)7(14)15/h1-2H,13H2,(H,14,15). The van der Waals surface area contributed by atoms with Crippen LogP contribution in [0.2, 0.25) is 5.02 Å². The van der Waals surface area contributed by atoms with Crippen molar-refractivity contribution in [2.75, 3.05) is 5.73 Å². The third-order valence-corrected chi connectivity index (χ3v) is 1.96. The summed E-state index contributed by atoms with van der Waals surface area (Å²) in [6.07, 6.45) is -4.60. The van der Waals surface area contributed by atoms with Gasteiger partial charge < -0.3 is 10.8 Å². The quantitative estimate of drug-likeness (QED) is 0.741. The summed E-state index contributed by atoms with van der Waals surface area (Å²) >= 11 is 5.37. The van der Waals surface area contributed by atoms with Gasteiger partial charge >= 0.3 is 12.1 Å². The van der Waals surface area contributed by atoms with Crippen LogP contribution in [0.5, 0.6) is 0 Å². The van der Waals surface area contributed by atoms with Gasteiger partial charge in [-0.25, -0.2) is 4.79 Å². The van der Waals surface area contributed by atoms with Crippen molar-refractivity contribution in [2.45, 2.75) is 6.18 Å². The Morgan fingerprint density at radius 2 is 1.93 bits per heavy atom. The molecule has 15 heavy (non-hydrogen) atoms. The monoisotopic (exact) mass is 239 g/mol. The maximum atomic E-state index is 12.2. The number of carboxylic acids is 1. The van der Waals surface area contributed by atoms with E-state index < -0.39 is 34.0 Å². The highest BCUT2D eigenvalue weighted by atomic mass is 35.5. The number of hydrogen-bond donors (Lipinski definition) is 2. The lowest BCUT2D eigenvalue weighted by atomic mass is 10.1. The topological polar surface area (TPSA) is 63.3 Å². The summed E-state index contributed by atoms with van der Waals surface area (Å²) in [5.41, 5.74) is 3.05. The minimum atomic E-state index is -4.60. The molecule has 0 saturated heterocycles. The van der Waals surface area contributed by atoms with Crippen LogP contribution in [0.15, 0.2) is 12.1 Å². The number of benzene rings is 1. The molecule has 0 heterocycles. The zero-order chi connectivity index (χ0) is 11.8. The number of hydrogen-bond acceptors (Lipinski definition) is 2. The number of halogens is 4. The summed E-state index contributed by atoms with van der Waals surface area (Å²) in [5, 5.41) is 8.06. The Hall–Kier alpha value is -1.43. The van der Waals surface area contributed by atoms with E-state index in [1.165, 1.54) is 0 Å². The van der Waals surface area contributed by atoms with E-state index >= 15 is 0 Å². The molecule has 0 fully saturated rings. The average Bonchev–Trinajstić information content (AvgIpc) is 1.99. The van der Waals surface area contributed by atoms with Crippen molar-refractivity contribution in [3.05, 3.63) is 28.3 Å². The van der Waals surface area contributed by atoms with Gasteiger partial charge in [0.2, 0.25) is 0 Å². The first kappa shape index (κ1) is 11.6. The molecule has 3 N–H and O–H groups in total. The Bertz CT molecular complexity index is 394. The number of nitrogen functional groups attached to an aromatic ring is 1. The number of anilines is 1. The van der Waals surface area contributed by atoms with Crippen LogP contribution in [0.3, 0.4) is 0 Å².